The predicted molar refractivity (Wildman–Crippen MR) is 64.4 cm³/mol. The van der Waals surface area contributed by atoms with E-state index in [1.54, 1.807) is 11.3 Å². The lowest BCUT2D eigenvalue weighted by molar-refractivity contribution is 0.0107. The number of hydrogen-bond donors (Lipinski definition) is 1. The maximum atomic E-state index is 4.15. The van der Waals surface area contributed by atoms with Crippen molar-refractivity contribution in [2.45, 2.75) is 44.1 Å². The largest absolute Gasteiger partial charge is 0.355 e. The highest BCUT2D eigenvalue weighted by Crippen LogP contribution is 2.56. The fraction of sp³-hybridized carbons (Fsp3) is 0.833. The lowest BCUT2D eigenvalue weighted by Crippen LogP contribution is -2.54. The van der Waals surface area contributed by atoms with Crippen molar-refractivity contribution in [3.8, 4) is 0 Å². The van der Waals surface area contributed by atoms with Gasteiger partial charge in [0, 0.05) is 5.54 Å². The molecule has 1 aromatic heterocycles. The smallest absolute Gasteiger partial charge is 0.205 e. The molecule has 86 valence electrons. The summed E-state index contributed by atoms with van der Waals surface area (Å²) < 4.78 is 0. The number of hydrogen-bond acceptors (Lipinski definition) is 4. The average Bonchev–Trinajstić information content (AvgIpc) is 2.66. The van der Waals surface area contributed by atoms with Gasteiger partial charge in [-0.1, -0.05) is 11.3 Å². The normalized spacial score (nSPS) is 44.9. The second-order valence-corrected chi connectivity index (χ2v) is 6.90. The first-order valence-corrected chi connectivity index (χ1v) is 7.24. The molecular formula is C12H17N3S. The number of rotatable bonds is 2. The van der Waals surface area contributed by atoms with E-state index in [0.717, 1.165) is 22.9 Å². The Morgan fingerprint density at radius 2 is 1.75 bits per heavy atom. The molecular weight excluding hydrogens is 218 g/mol. The third-order valence-electron chi connectivity index (χ3n) is 4.77. The third-order valence-corrected chi connectivity index (χ3v) is 5.38. The van der Waals surface area contributed by atoms with Gasteiger partial charge in [-0.15, -0.1) is 10.2 Å². The maximum absolute atomic E-state index is 4.15. The van der Waals surface area contributed by atoms with Crippen molar-refractivity contribution >= 4 is 16.5 Å². The molecule has 3 nitrogen and oxygen atoms in total. The Kier molecular flexibility index (Phi) is 1.87. The number of anilines is 1. The number of aromatic nitrogens is 2. The molecule has 1 N–H and O–H groups in total. The molecule has 4 heteroatoms. The highest BCUT2D eigenvalue weighted by Gasteiger charge is 2.51. The Bertz CT molecular complexity index is 352. The van der Waals surface area contributed by atoms with Gasteiger partial charge in [0.25, 0.3) is 0 Å². The van der Waals surface area contributed by atoms with Crippen LogP contribution in [0.3, 0.4) is 0 Å². The van der Waals surface area contributed by atoms with Crippen molar-refractivity contribution in [2.24, 2.45) is 17.8 Å². The van der Waals surface area contributed by atoms with Crippen LogP contribution in [0.4, 0.5) is 5.13 Å². The van der Waals surface area contributed by atoms with E-state index in [4.69, 9.17) is 0 Å². The van der Waals surface area contributed by atoms with Crippen LogP contribution in [0, 0.1) is 17.8 Å². The molecule has 4 aliphatic carbocycles. The van der Waals surface area contributed by atoms with Crippen molar-refractivity contribution in [1.29, 1.82) is 0 Å². The molecule has 16 heavy (non-hydrogen) atoms. The zero-order valence-corrected chi connectivity index (χ0v) is 10.2. The van der Waals surface area contributed by atoms with Gasteiger partial charge >= 0.3 is 0 Å². The molecule has 0 radical (unpaired) electrons. The van der Waals surface area contributed by atoms with E-state index in [2.05, 4.69) is 15.5 Å². The van der Waals surface area contributed by atoms with Crippen molar-refractivity contribution < 1.29 is 0 Å². The molecule has 4 bridgehead atoms. The molecule has 0 amide bonds. The predicted octanol–water partition coefficient (Wildman–Crippen LogP) is 2.92. The minimum atomic E-state index is 0.383. The lowest BCUT2D eigenvalue weighted by Gasteiger charge is -2.56. The van der Waals surface area contributed by atoms with Crippen molar-refractivity contribution in [1.82, 2.24) is 10.2 Å². The molecule has 4 saturated carbocycles. The van der Waals surface area contributed by atoms with Crippen molar-refractivity contribution in [3.05, 3.63) is 5.51 Å². The van der Waals surface area contributed by atoms with Crippen LogP contribution >= 0.6 is 11.3 Å². The molecule has 0 aromatic carbocycles. The zero-order chi connectivity index (χ0) is 10.6. The summed E-state index contributed by atoms with van der Waals surface area (Å²) in [6.07, 6.45) is 8.61. The Balaban J connectivity index is 1.62. The fourth-order valence-electron chi connectivity index (χ4n) is 4.72. The molecule has 4 aliphatic rings. The van der Waals surface area contributed by atoms with Gasteiger partial charge < -0.3 is 5.32 Å². The van der Waals surface area contributed by atoms with E-state index in [9.17, 15) is 0 Å². The van der Waals surface area contributed by atoms with Crippen LogP contribution in [0.2, 0.25) is 0 Å². The van der Waals surface area contributed by atoms with Crippen LogP contribution < -0.4 is 5.32 Å². The molecule has 0 unspecified atom stereocenters. The molecule has 0 saturated heterocycles. The monoisotopic (exact) mass is 235 g/mol. The van der Waals surface area contributed by atoms with Crippen LogP contribution in [0.25, 0.3) is 0 Å². The van der Waals surface area contributed by atoms with E-state index in [1.807, 2.05) is 5.51 Å². The Labute approximate surface area is 99.7 Å². The summed E-state index contributed by atoms with van der Waals surface area (Å²) in [5, 5.41) is 12.8. The zero-order valence-electron chi connectivity index (χ0n) is 9.35. The molecule has 5 rings (SSSR count). The minimum absolute atomic E-state index is 0.383. The van der Waals surface area contributed by atoms with E-state index >= 15 is 0 Å². The summed E-state index contributed by atoms with van der Waals surface area (Å²) >= 11 is 1.64. The van der Waals surface area contributed by atoms with Crippen molar-refractivity contribution in [2.75, 3.05) is 5.32 Å². The summed E-state index contributed by atoms with van der Waals surface area (Å²) in [5.74, 6) is 2.98. The first-order valence-electron chi connectivity index (χ1n) is 6.36. The van der Waals surface area contributed by atoms with Gasteiger partial charge in [-0.3, -0.25) is 0 Å². The van der Waals surface area contributed by atoms with Gasteiger partial charge in [0.1, 0.15) is 5.51 Å². The summed E-state index contributed by atoms with van der Waals surface area (Å²) in [6.45, 7) is 0. The molecule has 1 aromatic rings. The summed E-state index contributed by atoms with van der Waals surface area (Å²) in [5.41, 5.74) is 2.21. The average molecular weight is 235 g/mol. The first-order chi connectivity index (χ1) is 7.81. The Morgan fingerprint density at radius 1 is 1.12 bits per heavy atom. The lowest BCUT2D eigenvalue weighted by atomic mass is 9.53. The molecule has 0 aliphatic heterocycles. The fourth-order valence-corrected chi connectivity index (χ4v) is 5.28. The van der Waals surface area contributed by atoms with Crippen LogP contribution in [0.1, 0.15) is 38.5 Å². The van der Waals surface area contributed by atoms with Gasteiger partial charge in [-0.05, 0) is 56.3 Å². The number of nitrogens with zero attached hydrogens (tertiary/aromatic N) is 2. The second-order valence-electron chi connectivity index (χ2n) is 6.07. The minimum Gasteiger partial charge on any atom is -0.355 e. The topological polar surface area (TPSA) is 37.8 Å². The summed E-state index contributed by atoms with van der Waals surface area (Å²) in [6, 6.07) is 0. The number of nitrogens with one attached hydrogen (secondary N) is 1. The summed E-state index contributed by atoms with van der Waals surface area (Å²) in [4.78, 5) is 0. The van der Waals surface area contributed by atoms with E-state index in [1.165, 1.54) is 38.5 Å². The summed E-state index contributed by atoms with van der Waals surface area (Å²) in [7, 11) is 0. The molecule has 0 atom stereocenters. The highest BCUT2D eigenvalue weighted by atomic mass is 32.1. The van der Waals surface area contributed by atoms with Crippen LogP contribution in [0.15, 0.2) is 5.51 Å². The van der Waals surface area contributed by atoms with Crippen LogP contribution in [-0.2, 0) is 0 Å². The van der Waals surface area contributed by atoms with Crippen LogP contribution in [-0.4, -0.2) is 15.7 Å². The SMILES string of the molecule is c1nnc(NC23CC4CC(CC(C4)C2)C3)s1. The Morgan fingerprint density at radius 3 is 2.25 bits per heavy atom. The Hall–Kier alpha value is -0.640. The maximum Gasteiger partial charge on any atom is 0.205 e. The van der Waals surface area contributed by atoms with Crippen LogP contribution in [0.5, 0.6) is 0 Å². The molecule has 0 spiro atoms. The second kappa shape index (κ2) is 3.19. The van der Waals surface area contributed by atoms with E-state index in [0.29, 0.717) is 5.54 Å². The standard InChI is InChI=1S/C12H17N3S/c1-8-2-10-3-9(1)5-12(4-8,6-10)14-11-15-13-7-16-11/h7-10H,1-6H2,(H,14,15). The van der Waals surface area contributed by atoms with Crippen molar-refractivity contribution in [3.63, 3.8) is 0 Å². The van der Waals surface area contributed by atoms with Gasteiger partial charge in [0.2, 0.25) is 5.13 Å². The first kappa shape index (κ1) is 9.40. The van der Waals surface area contributed by atoms with Gasteiger partial charge in [-0.25, -0.2) is 0 Å². The quantitative estimate of drug-likeness (QED) is 0.856. The molecule has 4 fully saturated rings. The highest BCUT2D eigenvalue weighted by molar-refractivity contribution is 7.13. The van der Waals surface area contributed by atoms with E-state index < -0.39 is 0 Å². The van der Waals surface area contributed by atoms with E-state index in [-0.39, 0.29) is 0 Å². The third kappa shape index (κ3) is 1.39. The molecule has 1 heterocycles. The van der Waals surface area contributed by atoms with Gasteiger partial charge in [0.05, 0.1) is 0 Å². The van der Waals surface area contributed by atoms with Gasteiger partial charge in [0.15, 0.2) is 0 Å². The van der Waals surface area contributed by atoms with Gasteiger partial charge in [-0.2, -0.15) is 0 Å².